The zero-order chi connectivity index (χ0) is 18.5. The zero-order valence-corrected chi connectivity index (χ0v) is 16.8. The lowest BCUT2D eigenvalue weighted by Gasteiger charge is -2.41. The predicted octanol–water partition coefficient (Wildman–Crippen LogP) is 1.82. The molecule has 0 spiro atoms. The number of nitrogens with one attached hydrogen (secondary N) is 2. The van der Waals surface area contributed by atoms with Crippen molar-refractivity contribution in [2.24, 2.45) is 0 Å². The fourth-order valence-electron chi connectivity index (χ4n) is 3.04. The van der Waals surface area contributed by atoms with Crippen molar-refractivity contribution < 1.29 is 13.3 Å². The first-order chi connectivity index (χ1) is 12.0. The van der Waals surface area contributed by atoms with Gasteiger partial charge < -0.3 is 13.3 Å². The highest BCUT2D eigenvalue weighted by atomic mass is 28.4. The van der Waals surface area contributed by atoms with Gasteiger partial charge in [-0.2, -0.15) is 10.2 Å². The molecule has 0 aliphatic heterocycles. The first-order valence-corrected chi connectivity index (χ1v) is 10.4. The van der Waals surface area contributed by atoms with Crippen molar-refractivity contribution in [1.82, 2.24) is 30.4 Å². The molecule has 10 heteroatoms. The van der Waals surface area contributed by atoms with Crippen molar-refractivity contribution in [2.75, 3.05) is 19.8 Å². The zero-order valence-electron chi connectivity index (χ0n) is 15.8. The third kappa shape index (κ3) is 3.39. The molecule has 2 heterocycles. The van der Waals surface area contributed by atoms with Crippen LogP contribution in [0.1, 0.15) is 57.4 Å². The summed E-state index contributed by atoms with van der Waals surface area (Å²) in [6.07, 6.45) is 0.577. The Morgan fingerprint density at radius 3 is 1.44 bits per heavy atom. The third-order valence-electron chi connectivity index (χ3n) is 4.01. The topological polar surface area (TPSA) is 111 Å². The Morgan fingerprint density at radius 1 is 0.800 bits per heavy atom. The Balaban J connectivity index is 2.78. The van der Waals surface area contributed by atoms with Crippen molar-refractivity contribution >= 4 is 8.80 Å². The van der Waals surface area contributed by atoms with Crippen LogP contribution in [0.2, 0.25) is 0 Å². The van der Waals surface area contributed by atoms with Crippen molar-refractivity contribution in [3.8, 4) is 0 Å². The van der Waals surface area contributed by atoms with Gasteiger partial charge in [0.2, 0.25) is 0 Å². The maximum absolute atomic E-state index is 6.20. The van der Waals surface area contributed by atoms with Gasteiger partial charge in [-0.15, -0.1) is 0 Å². The van der Waals surface area contributed by atoms with E-state index in [1.165, 1.54) is 0 Å². The Morgan fingerprint density at radius 2 is 1.20 bits per heavy atom. The molecule has 0 fully saturated rings. The fraction of sp³-hybridized carbons (Fsp3) is 0.733. The molecule has 25 heavy (non-hydrogen) atoms. The number of rotatable bonds is 10. The van der Waals surface area contributed by atoms with Gasteiger partial charge in [0, 0.05) is 19.8 Å². The van der Waals surface area contributed by atoms with Gasteiger partial charge in [-0.25, -0.2) is 9.97 Å². The van der Waals surface area contributed by atoms with Crippen LogP contribution in [0, 0.1) is 13.8 Å². The summed E-state index contributed by atoms with van der Waals surface area (Å²) in [5.41, 5.74) is 0. The molecule has 9 nitrogen and oxygen atoms in total. The molecule has 0 saturated carbocycles. The van der Waals surface area contributed by atoms with Crippen molar-refractivity contribution in [2.45, 2.75) is 53.0 Å². The molecule has 2 aromatic heterocycles. The third-order valence-corrected chi connectivity index (χ3v) is 7.87. The van der Waals surface area contributed by atoms with E-state index in [1.54, 1.807) is 0 Å². The van der Waals surface area contributed by atoms with Gasteiger partial charge in [-0.3, -0.25) is 10.2 Å². The quantitative estimate of drug-likeness (QED) is 0.615. The van der Waals surface area contributed by atoms with Gasteiger partial charge in [0.05, 0.1) is 0 Å². The number of nitrogens with zero attached hydrogens (tertiary/aromatic N) is 4. The number of H-pyrrole nitrogens is 2. The van der Waals surface area contributed by atoms with E-state index in [-0.39, 0.29) is 0 Å². The second kappa shape index (κ2) is 8.17. The second-order valence-corrected chi connectivity index (χ2v) is 8.43. The molecular formula is C15H28N6O3Si. The van der Waals surface area contributed by atoms with E-state index in [9.17, 15) is 0 Å². The van der Waals surface area contributed by atoms with Crippen LogP contribution in [-0.4, -0.2) is 59.0 Å². The summed E-state index contributed by atoms with van der Waals surface area (Å²) in [5.74, 6) is 2.47. The number of aromatic nitrogens is 6. The summed E-state index contributed by atoms with van der Waals surface area (Å²) in [6.45, 7) is 12.8. The van der Waals surface area contributed by atoms with Crippen LogP contribution in [0.5, 0.6) is 0 Å². The number of hydrogen-bond donors (Lipinski definition) is 2. The highest BCUT2D eigenvalue weighted by Crippen LogP contribution is 2.42. The van der Waals surface area contributed by atoms with E-state index in [2.05, 4.69) is 30.4 Å². The predicted molar refractivity (Wildman–Crippen MR) is 93.9 cm³/mol. The molecule has 2 N–H and O–H groups in total. The van der Waals surface area contributed by atoms with Gasteiger partial charge in [0.1, 0.15) is 11.6 Å². The summed E-state index contributed by atoms with van der Waals surface area (Å²) >= 11 is 0. The van der Waals surface area contributed by atoms with Gasteiger partial charge in [0.15, 0.2) is 16.7 Å². The van der Waals surface area contributed by atoms with Crippen LogP contribution in [0.25, 0.3) is 0 Å². The van der Waals surface area contributed by atoms with Gasteiger partial charge in [0.25, 0.3) is 0 Å². The Bertz CT molecular complexity index is 617. The largest absolute Gasteiger partial charge is 0.523 e. The number of aryl methyl sites for hydroxylation is 2. The van der Waals surface area contributed by atoms with Crippen LogP contribution in [0.4, 0.5) is 0 Å². The van der Waals surface area contributed by atoms with Gasteiger partial charge in [-0.1, -0.05) is 6.92 Å². The van der Waals surface area contributed by atoms with E-state index in [4.69, 9.17) is 13.3 Å². The smallest absolute Gasteiger partial charge is 0.373 e. The summed E-state index contributed by atoms with van der Waals surface area (Å²) in [5, 5.41) is 13.8. The monoisotopic (exact) mass is 368 g/mol. The Hall–Kier alpha value is -1.62. The molecule has 0 aliphatic carbocycles. The summed E-state index contributed by atoms with van der Waals surface area (Å²) in [6, 6.07) is 0. The number of aromatic amines is 2. The van der Waals surface area contributed by atoms with Crippen LogP contribution in [-0.2, 0) is 18.3 Å². The summed E-state index contributed by atoms with van der Waals surface area (Å²) < 4.78 is 18.6. The first-order valence-electron chi connectivity index (χ1n) is 8.70. The van der Waals surface area contributed by atoms with Crippen LogP contribution >= 0.6 is 0 Å². The Labute approximate surface area is 149 Å². The minimum Gasteiger partial charge on any atom is -0.373 e. The summed E-state index contributed by atoms with van der Waals surface area (Å²) in [4.78, 5) is 9.17. The highest BCUT2D eigenvalue weighted by molar-refractivity contribution is 6.65. The molecule has 2 rings (SSSR count). The molecule has 0 aromatic carbocycles. The second-order valence-electron chi connectivity index (χ2n) is 5.60. The van der Waals surface area contributed by atoms with Gasteiger partial charge >= 0.3 is 8.80 Å². The van der Waals surface area contributed by atoms with E-state index < -0.39 is 13.8 Å². The maximum atomic E-state index is 6.20. The SMILES string of the molecule is CCO[Si](OCC)(OCC)C(CC)(c1n[nH]c(C)n1)c1n[nH]c(C)n1. The molecule has 0 atom stereocenters. The van der Waals surface area contributed by atoms with Crippen LogP contribution in [0.15, 0.2) is 0 Å². The lowest BCUT2D eigenvalue weighted by molar-refractivity contribution is 0.0465. The van der Waals surface area contributed by atoms with E-state index >= 15 is 0 Å². The van der Waals surface area contributed by atoms with Crippen molar-refractivity contribution in [3.63, 3.8) is 0 Å². The Kier molecular flexibility index (Phi) is 6.44. The molecule has 0 saturated heterocycles. The number of hydrogen-bond acceptors (Lipinski definition) is 7. The minimum atomic E-state index is -3.32. The average molecular weight is 369 g/mol. The molecule has 0 amide bonds. The fourth-order valence-corrected chi connectivity index (χ4v) is 6.37. The van der Waals surface area contributed by atoms with E-state index in [0.717, 1.165) is 0 Å². The summed E-state index contributed by atoms with van der Waals surface area (Å²) in [7, 11) is -3.32. The normalized spacial score (nSPS) is 12.7. The molecule has 0 radical (unpaired) electrons. The van der Waals surface area contributed by atoms with Crippen molar-refractivity contribution in [3.05, 3.63) is 23.3 Å². The lowest BCUT2D eigenvalue weighted by atomic mass is 10.0. The maximum Gasteiger partial charge on any atom is 0.523 e. The average Bonchev–Trinajstić information content (AvgIpc) is 3.19. The molecule has 140 valence electrons. The van der Waals surface area contributed by atoms with Crippen LogP contribution < -0.4 is 0 Å². The van der Waals surface area contributed by atoms with Crippen LogP contribution in [0.3, 0.4) is 0 Å². The lowest BCUT2D eigenvalue weighted by Crippen LogP contribution is -2.64. The highest BCUT2D eigenvalue weighted by Gasteiger charge is 2.66. The first kappa shape index (κ1) is 19.7. The van der Waals surface area contributed by atoms with Gasteiger partial charge in [-0.05, 0) is 41.0 Å². The van der Waals surface area contributed by atoms with Crippen molar-refractivity contribution in [1.29, 1.82) is 0 Å². The molecule has 0 bridgehead atoms. The standard InChI is InChI=1S/C15H28N6O3Si/c1-7-15(13-16-11(5)18-20-13,14-17-12(6)19-21-14)25(22-8-2,23-9-3)24-10-4/h7-10H2,1-6H3,(H,16,18,20)(H,17,19,21). The molecular weight excluding hydrogens is 340 g/mol. The minimum absolute atomic E-state index is 0.445. The molecule has 0 unspecified atom stereocenters. The van der Waals surface area contributed by atoms with E-state index in [1.807, 2.05) is 41.5 Å². The molecule has 0 aliphatic rings. The molecule has 2 aromatic rings. The van der Waals surface area contributed by atoms with E-state index in [0.29, 0.717) is 49.5 Å².